The number of allylic oxidation sites excluding steroid dienone is 5. The number of hydrogen-bond acceptors (Lipinski definition) is 4. The van der Waals surface area contributed by atoms with Crippen LogP contribution in [0.15, 0.2) is 49.2 Å². The smallest absolute Gasteiger partial charge is 0.207 e. The van der Waals surface area contributed by atoms with E-state index in [1.807, 2.05) is 81.5 Å². The van der Waals surface area contributed by atoms with Gasteiger partial charge < -0.3 is 21.3 Å². The van der Waals surface area contributed by atoms with Crippen molar-refractivity contribution in [2.75, 3.05) is 26.7 Å². The molecule has 5 nitrogen and oxygen atoms in total. The van der Waals surface area contributed by atoms with Crippen molar-refractivity contribution in [1.29, 1.82) is 0 Å². The summed E-state index contributed by atoms with van der Waals surface area (Å²) in [6, 6.07) is 1.31. The van der Waals surface area contributed by atoms with Crippen molar-refractivity contribution in [3.8, 4) is 0 Å². The zero-order valence-electron chi connectivity index (χ0n) is 28.0. The van der Waals surface area contributed by atoms with E-state index in [1.165, 1.54) is 18.5 Å². The van der Waals surface area contributed by atoms with Crippen molar-refractivity contribution in [2.24, 2.45) is 5.73 Å². The Hall–Kier alpha value is -1.85. The van der Waals surface area contributed by atoms with Crippen LogP contribution in [0.1, 0.15) is 116 Å². The first-order valence-electron chi connectivity index (χ1n) is 14.5. The topological polar surface area (TPSA) is 70.4 Å². The Labute approximate surface area is 236 Å². The summed E-state index contributed by atoms with van der Waals surface area (Å²) in [4.78, 5) is 12.0. The van der Waals surface area contributed by atoms with Gasteiger partial charge >= 0.3 is 0 Å². The van der Waals surface area contributed by atoms with Crippen LogP contribution in [0, 0.1) is 0 Å². The van der Waals surface area contributed by atoms with Gasteiger partial charge in [0.1, 0.15) is 0 Å². The van der Waals surface area contributed by atoms with Crippen molar-refractivity contribution >= 4 is 6.41 Å². The maximum Gasteiger partial charge on any atom is 0.207 e. The van der Waals surface area contributed by atoms with Gasteiger partial charge in [-0.1, -0.05) is 98.8 Å². The molecule has 1 heterocycles. The highest BCUT2D eigenvalue weighted by Crippen LogP contribution is 2.20. The minimum absolute atomic E-state index is 0.654. The van der Waals surface area contributed by atoms with Crippen molar-refractivity contribution in [3.63, 3.8) is 0 Å². The number of carbonyl (C=O) groups excluding carboxylic acids is 1. The summed E-state index contributed by atoms with van der Waals surface area (Å²) in [5.41, 5.74) is 7.49. The van der Waals surface area contributed by atoms with Gasteiger partial charge in [-0.05, 0) is 67.5 Å². The first-order chi connectivity index (χ1) is 17.7. The second-order valence-electron chi connectivity index (χ2n) is 7.49. The molecule has 1 aliphatic rings. The molecule has 2 unspecified atom stereocenters. The van der Waals surface area contributed by atoms with Crippen LogP contribution in [0.4, 0.5) is 0 Å². The highest BCUT2D eigenvalue weighted by atomic mass is 16.1. The summed E-state index contributed by atoms with van der Waals surface area (Å²) < 4.78 is 0. The Morgan fingerprint density at radius 3 is 1.65 bits per heavy atom. The summed E-state index contributed by atoms with van der Waals surface area (Å²) >= 11 is 0. The van der Waals surface area contributed by atoms with Crippen molar-refractivity contribution in [2.45, 2.75) is 128 Å². The fraction of sp³-hybridized carbons (Fsp3) is 0.719. The van der Waals surface area contributed by atoms with E-state index >= 15 is 0 Å². The molecule has 1 aliphatic heterocycles. The van der Waals surface area contributed by atoms with Crippen LogP contribution in [-0.2, 0) is 4.79 Å². The first kappa shape index (κ1) is 51.7. The molecule has 1 saturated heterocycles. The molecule has 0 bridgehead atoms. The van der Waals surface area contributed by atoms with E-state index in [0.29, 0.717) is 25.0 Å². The summed E-state index contributed by atoms with van der Waals surface area (Å²) in [5, 5.41) is 5.84. The van der Waals surface area contributed by atoms with E-state index in [1.54, 1.807) is 6.08 Å². The maximum absolute atomic E-state index is 9.63. The van der Waals surface area contributed by atoms with Gasteiger partial charge in [0.25, 0.3) is 0 Å². The summed E-state index contributed by atoms with van der Waals surface area (Å²) in [5.74, 6) is 0. The zero-order valence-corrected chi connectivity index (χ0v) is 28.0. The van der Waals surface area contributed by atoms with Crippen LogP contribution in [0.25, 0.3) is 0 Å². The molecule has 2 atom stereocenters. The third kappa shape index (κ3) is 60.5. The monoisotopic (exact) mass is 529 g/mol. The Kier molecular flexibility index (Phi) is 76.7. The van der Waals surface area contributed by atoms with Crippen LogP contribution in [0.2, 0.25) is 0 Å². The average Bonchev–Trinajstić information content (AvgIpc) is 3.28. The van der Waals surface area contributed by atoms with Crippen LogP contribution in [-0.4, -0.2) is 50.1 Å². The van der Waals surface area contributed by atoms with E-state index in [0.717, 1.165) is 31.5 Å². The normalized spacial score (nSPS) is 14.0. The van der Waals surface area contributed by atoms with E-state index in [-0.39, 0.29) is 0 Å². The lowest BCUT2D eigenvalue weighted by molar-refractivity contribution is -0.109. The van der Waals surface area contributed by atoms with Crippen molar-refractivity contribution in [3.05, 3.63) is 49.2 Å². The van der Waals surface area contributed by atoms with Crippen molar-refractivity contribution in [1.82, 2.24) is 15.5 Å². The van der Waals surface area contributed by atoms with Crippen molar-refractivity contribution < 1.29 is 4.79 Å². The number of amides is 1. The second kappa shape index (κ2) is 54.9. The van der Waals surface area contributed by atoms with E-state index in [4.69, 9.17) is 5.73 Å². The molecule has 0 radical (unpaired) electrons. The highest BCUT2D eigenvalue weighted by molar-refractivity contribution is 5.45. The Morgan fingerprint density at radius 2 is 1.46 bits per heavy atom. The van der Waals surface area contributed by atoms with Gasteiger partial charge in [-0.25, -0.2) is 0 Å². The molecule has 0 aromatic heterocycles. The molecule has 226 valence electrons. The molecule has 0 aromatic carbocycles. The summed E-state index contributed by atoms with van der Waals surface area (Å²) in [6.07, 6.45) is 10.9. The Morgan fingerprint density at radius 1 is 1.03 bits per heavy atom. The number of likely N-dealkylation sites (N-methyl/N-ethyl adjacent to an activating group) is 1. The lowest BCUT2D eigenvalue weighted by Crippen LogP contribution is -2.29. The molecule has 0 spiro atoms. The summed E-state index contributed by atoms with van der Waals surface area (Å²) in [7, 11) is 2.03. The molecular weight excluding hydrogens is 456 g/mol. The zero-order chi connectivity index (χ0) is 31.1. The number of rotatable bonds is 8. The molecule has 1 amide bonds. The number of carbonyl (C=O) groups is 1. The average molecular weight is 529 g/mol. The van der Waals surface area contributed by atoms with Gasteiger partial charge in [0.05, 0.1) is 0 Å². The Bertz CT molecular complexity index is 448. The molecule has 0 aliphatic carbocycles. The van der Waals surface area contributed by atoms with Crippen LogP contribution in [0.3, 0.4) is 0 Å². The molecule has 4 N–H and O–H groups in total. The molecule has 37 heavy (non-hydrogen) atoms. The van der Waals surface area contributed by atoms with E-state index in [9.17, 15) is 4.79 Å². The quantitative estimate of drug-likeness (QED) is 0.128. The lowest BCUT2D eigenvalue weighted by Gasteiger charge is -2.23. The molecule has 1 rings (SSSR count). The van der Waals surface area contributed by atoms with Crippen LogP contribution in [0.5, 0.6) is 0 Å². The lowest BCUT2D eigenvalue weighted by atomic mass is 10.2. The SMILES string of the molecule is C=C(C)/C=C\C.C=C(C)N1CC(NC)CC1C.C=CC.CC.CC.CC.CCC.NCCCCNC=O. The fourth-order valence-electron chi connectivity index (χ4n) is 2.49. The van der Waals surface area contributed by atoms with E-state index in [2.05, 4.69) is 63.0 Å². The predicted molar refractivity (Wildman–Crippen MR) is 176 cm³/mol. The maximum atomic E-state index is 9.63. The largest absolute Gasteiger partial charge is 0.371 e. The minimum atomic E-state index is 0.654. The predicted octanol–water partition coefficient (Wildman–Crippen LogP) is 8.50. The molecule has 0 saturated carbocycles. The first-order valence-corrected chi connectivity index (χ1v) is 14.5. The van der Waals surface area contributed by atoms with Gasteiger partial charge in [0, 0.05) is 30.9 Å². The third-order valence-corrected chi connectivity index (χ3v) is 3.78. The molecule has 5 heteroatoms. The van der Waals surface area contributed by atoms with Gasteiger partial charge in [-0.2, -0.15) is 0 Å². The van der Waals surface area contributed by atoms with Gasteiger partial charge in [-0.3, -0.25) is 4.79 Å². The third-order valence-electron chi connectivity index (χ3n) is 3.78. The number of unbranched alkanes of at least 4 members (excludes halogenated alkanes) is 1. The molecular formula is C32H72N4O. The van der Waals surface area contributed by atoms with Gasteiger partial charge in [0.15, 0.2) is 0 Å². The fourth-order valence-corrected chi connectivity index (χ4v) is 2.49. The number of likely N-dealkylation sites (tertiary alicyclic amines) is 1. The molecule has 1 fully saturated rings. The summed E-state index contributed by atoms with van der Waals surface area (Å²) in [6.45, 7) is 40.0. The number of nitrogens with zero attached hydrogens (tertiary/aromatic N) is 1. The van der Waals surface area contributed by atoms with Crippen LogP contribution < -0.4 is 16.4 Å². The standard InChI is InChI=1S/C9H18N2.C6H10.C5H12N2O.C3H8.C3H6.3C2H6/c1-7(2)11-6-9(10-4)5-8(11)3;1-4-5-6(2)3;6-3-1-2-4-7-5-8;2*1-3-2;3*1-2/h8-10H,1,5-6H2,2-4H3;4-5H,2H2,1,3H3;5H,1-4,6H2,(H,7,8);3H2,1-2H3;3H,1H2,2H3;3*1-2H3/b;5-4-;;;;;;. The van der Waals surface area contributed by atoms with E-state index < -0.39 is 0 Å². The number of nitrogens with two attached hydrogens (primary N) is 1. The minimum Gasteiger partial charge on any atom is -0.371 e. The number of nitrogens with one attached hydrogen (secondary N) is 2. The highest BCUT2D eigenvalue weighted by Gasteiger charge is 2.26. The molecule has 0 aromatic rings. The second-order valence-corrected chi connectivity index (χ2v) is 7.49. The van der Waals surface area contributed by atoms with Gasteiger partial charge in [-0.15, -0.1) is 6.58 Å². The van der Waals surface area contributed by atoms with Gasteiger partial charge in [0.2, 0.25) is 6.41 Å². The number of hydrogen-bond donors (Lipinski definition) is 3. The Balaban J connectivity index is -0.0000000617. The van der Waals surface area contributed by atoms with Crippen LogP contribution >= 0.6 is 0 Å².